The minimum Gasteiger partial charge on any atom is -0.463 e. The van der Waals surface area contributed by atoms with Crippen molar-refractivity contribution in [2.24, 2.45) is 11.3 Å². The van der Waals surface area contributed by atoms with E-state index in [4.69, 9.17) is 4.74 Å². The number of amides is 2. The van der Waals surface area contributed by atoms with Crippen LogP contribution in [0.3, 0.4) is 0 Å². The summed E-state index contributed by atoms with van der Waals surface area (Å²) in [5, 5.41) is 3.13. The molecule has 1 saturated heterocycles. The first kappa shape index (κ1) is 30.1. The third-order valence-corrected chi connectivity index (χ3v) is 6.59. The molecule has 1 fully saturated rings. The smallest absolute Gasteiger partial charge is 0.333 e. The monoisotopic (exact) mass is 479 g/mol. The molecule has 0 aromatic carbocycles. The van der Waals surface area contributed by atoms with Crippen LogP contribution < -0.4 is 5.32 Å². The van der Waals surface area contributed by atoms with Crippen LogP contribution >= 0.6 is 0 Å². The Bertz CT molecular complexity index is 724. The molecule has 2 amide bonds. The van der Waals surface area contributed by atoms with Crippen LogP contribution in [0, 0.1) is 11.3 Å². The molecule has 1 aliphatic rings. The second kappa shape index (κ2) is 13.3. The molecular weight excluding hydrogens is 430 g/mol. The molecule has 0 aromatic rings. The molecule has 0 saturated carbocycles. The Labute approximate surface area is 207 Å². The van der Waals surface area contributed by atoms with Gasteiger partial charge in [-0.2, -0.15) is 0 Å². The van der Waals surface area contributed by atoms with E-state index in [2.05, 4.69) is 24.1 Å². The molecule has 1 rings (SSSR count). The van der Waals surface area contributed by atoms with Gasteiger partial charge in [0.25, 0.3) is 0 Å². The zero-order valence-electron chi connectivity index (χ0n) is 23.2. The molecule has 34 heavy (non-hydrogen) atoms. The number of piperidine rings is 1. The van der Waals surface area contributed by atoms with Crippen molar-refractivity contribution in [2.45, 2.75) is 113 Å². The first-order valence-electron chi connectivity index (χ1n) is 13.0. The standard InChI is InChI=1S/C27H49N3O4/c1-11-29(22(18(3)4)17-20(7)26(33)34-12-2)25(32)23(27(8,9)10)28-24(31)21-15-13-14-16-30(21)19(5)6/h17-19,21-23H,11-16H2,1-10H3,(H,28,31)/t21?,22-,23-/m1/s1. The first-order valence-corrected chi connectivity index (χ1v) is 13.0. The van der Waals surface area contributed by atoms with Crippen LogP contribution in [0.25, 0.3) is 0 Å². The molecule has 0 aliphatic carbocycles. The minimum atomic E-state index is -0.673. The van der Waals surface area contributed by atoms with Gasteiger partial charge in [-0.15, -0.1) is 0 Å². The number of rotatable bonds is 10. The SMILES string of the molecule is CCOC(=O)C(C)=C[C@H](C(C)C)N(CC)C(=O)[C@@H](NC(=O)C1CCCCN1C(C)C)C(C)(C)C. The molecule has 0 spiro atoms. The third kappa shape index (κ3) is 8.10. The maximum absolute atomic E-state index is 13.9. The second-order valence-electron chi connectivity index (χ2n) is 11.1. The van der Waals surface area contributed by atoms with E-state index < -0.39 is 11.5 Å². The lowest BCUT2D eigenvalue weighted by Crippen LogP contribution is -2.61. The molecule has 0 aromatic heterocycles. The van der Waals surface area contributed by atoms with Crippen molar-refractivity contribution in [3.63, 3.8) is 0 Å². The molecule has 7 heteroatoms. The maximum Gasteiger partial charge on any atom is 0.333 e. The highest BCUT2D eigenvalue weighted by Gasteiger charge is 2.40. The molecule has 7 nitrogen and oxygen atoms in total. The van der Waals surface area contributed by atoms with Crippen LogP contribution in [0.1, 0.15) is 88.5 Å². The Morgan fingerprint density at radius 3 is 2.21 bits per heavy atom. The van der Waals surface area contributed by atoms with E-state index in [1.807, 2.05) is 47.6 Å². The fourth-order valence-corrected chi connectivity index (χ4v) is 4.63. The van der Waals surface area contributed by atoms with E-state index in [0.717, 1.165) is 25.8 Å². The third-order valence-electron chi connectivity index (χ3n) is 6.59. The predicted octanol–water partition coefficient (Wildman–Crippen LogP) is 4.16. The zero-order chi connectivity index (χ0) is 26.2. The summed E-state index contributed by atoms with van der Waals surface area (Å²) in [6.45, 7) is 21.3. The van der Waals surface area contributed by atoms with Gasteiger partial charge in [0.05, 0.1) is 18.7 Å². The normalized spacial score (nSPS) is 19.6. The van der Waals surface area contributed by atoms with Crippen molar-refractivity contribution in [2.75, 3.05) is 19.7 Å². The van der Waals surface area contributed by atoms with Crippen LogP contribution in [0.2, 0.25) is 0 Å². The molecule has 1 heterocycles. The average Bonchev–Trinajstić information content (AvgIpc) is 2.75. The number of carbonyl (C=O) groups excluding carboxylic acids is 3. The van der Waals surface area contributed by atoms with Crippen LogP contribution in [0.4, 0.5) is 0 Å². The van der Waals surface area contributed by atoms with Crippen LogP contribution in [-0.2, 0) is 19.1 Å². The highest BCUT2D eigenvalue weighted by molar-refractivity contribution is 5.91. The summed E-state index contributed by atoms with van der Waals surface area (Å²) in [5.41, 5.74) is 0.0109. The Hall–Kier alpha value is -1.89. The largest absolute Gasteiger partial charge is 0.463 e. The van der Waals surface area contributed by atoms with Crippen molar-refractivity contribution in [1.82, 2.24) is 15.1 Å². The van der Waals surface area contributed by atoms with Gasteiger partial charge < -0.3 is 15.0 Å². The van der Waals surface area contributed by atoms with Gasteiger partial charge in [0, 0.05) is 18.2 Å². The van der Waals surface area contributed by atoms with Crippen molar-refractivity contribution in [3.05, 3.63) is 11.6 Å². The van der Waals surface area contributed by atoms with Gasteiger partial charge in [0.1, 0.15) is 6.04 Å². The summed E-state index contributed by atoms with van der Waals surface area (Å²) in [6.07, 6.45) is 4.75. The van der Waals surface area contributed by atoms with Crippen molar-refractivity contribution >= 4 is 17.8 Å². The number of esters is 1. The van der Waals surface area contributed by atoms with E-state index >= 15 is 0 Å². The van der Waals surface area contributed by atoms with Crippen LogP contribution in [0.5, 0.6) is 0 Å². The Morgan fingerprint density at radius 2 is 1.74 bits per heavy atom. The van der Waals surface area contributed by atoms with Gasteiger partial charge in [-0.3, -0.25) is 14.5 Å². The number of hydrogen-bond acceptors (Lipinski definition) is 5. The lowest BCUT2D eigenvalue weighted by atomic mass is 9.84. The number of nitrogens with zero attached hydrogens (tertiary/aromatic N) is 2. The lowest BCUT2D eigenvalue weighted by Gasteiger charge is -2.41. The van der Waals surface area contributed by atoms with E-state index in [1.54, 1.807) is 18.7 Å². The van der Waals surface area contributed by atoms with Crippen molar-refractivity contribution in [3.8, 4) is 0 Å². The van der Waals surface area contributed by atoms with Gasteiger partial charge in [-0.1, -0.05) is 47.1 Å². The fourth-order valence-electron chi connectivity index (χ4n) is 4.63. The second-order valence-corrected chi connectivity index (χ2v) is 11.1. The summed E-state index contributed by atoms with van der Waals surface area (Å²) in [7, 11) is 0. The molecule has 1 aliphatic heterocycles. The summed E-state index contributed by atoms with van der Waals surface area (Å²) < 4.78 is 5.14. The number of likely N-dealkylation sites (N-methyl/N-ethyl adjacent to an activating group) is 1. The Kier molecular flexibility index (Phi) is 11.8. The Morgan fingerprint density at radius 1 is 1.12 bits per heavy atom. The van der Waals surface area contributed by atoms with E-state index in [0.29, 0.717) is 18.7 Å². The molecule has 196 valence electrons. The van der Waals surface area contributed by atoms with E-state index in [9.17, 15) is 14.4 Å². The summed E-state index contributed by atoms with van der Waals surface area (Å²) in [6, 6.07) is -0.902. The number of hydrogen-bond donors (Lipinski definition) is 1. The van der Waals surface area contributed by atoms with Gasteiger partial charge in [-0.25, -0.2) is 4.79 Å². The van der Waals surface area contributed by atoms with Crippen LogP contribution in [-0.4, -0.2) is 71.4 Å². The molecular formula is C27H49N3O4. The number of nitrogens with one attached hydrogen (secondary N) is 1. The average molecular weight is 480 g/mol. The number of carbonyl (C=O) groups is 3. The summed E-state index contributed by atoms with van der Waals surface area (Å²) in [4.78, 5) is 43.6. The van der Waals surface area contributed by atoms with Gasteiger partial charge in [0.2, 0.25) is 11.8 Å². The van der Waals surface area contributed by atoms with Gasteiger partial charge in [-0.05, 0) is 65.3 Å². The summed E-state index contributed by atoms with van der Waals surface area (Å²) in [5.74, 6) is -0.485. The van der Waals surface area contributed by atoms with E-state index in [1.165, 1.54) is 0 Å². The topological polar surface area (TPSA) is 79.0 Å². The predicted molar refractivity (Wildman–Crippen MR) is 137 cm³/mol. The fraction of sp³-hybridized carbons (Fsp3) is 0.815. The molecule has 1 N–H and O–H groups in total. The van der Waals surface area contributed by atoms with Gasteiger partial charge >= 0.3 is 5.97 Å². The van der Waals surface area contributed by atoms with Crippen molar-refractivity contribution < 1.29 is 19.1 Å². The Balaban J connectivity index is 3.24. The number of ether oxygens (including phenoxy) is 1. The minimum absolute atomic E-state index is 0.0722. The maximum atomic E-state index is 13.9. The zero-order valence-corrected chi connectivity index (χ0v) is 23.2. The molecule has 3 atom stereocenters. The highest BCUT2D eigenvalue weighted by atomic mass is 16.5. The van der Waals surface area contributed by atoms with Gasteiger partial charge in [0.15, 0.2) is 0 Å². The van der Waals surface area contributed by atoms with Crippen molar-refractivity contribution in [1.29, 1.82) is 0 Å². The first-order chi connectivity index (χ1) is 15.8. The summed E-state index contributed by atoms with van der Waals surface area (Å²) >= 11 is 0. The quantitative estimate of drug-likeness (QED) is 0.376. The lowest BCUT2D eigenvalue weighted by molar-refractivity contribution is -0.143. The number of likely N-dealkylation sites (tertiary alicyclic amines) is 1. The molecule has 0 bridgehead atoms. The van der Waals surface area contributed by atoms with E-state index in [-0.39, 0.29) is 41.8 Å². The molecule has 1 unspecified atom stereocenters. The highest BCUT2D eigenvalue weighted by Crippen LogP contribution is 2.26. The molecule has 0 radical (unpaired) electrons. The van der Waals surface area contributed by atoms with Crippen LogP contribution in [0.15, 0.2) is 11.6 Å².